The van der Waals surface area contributed by atoms with Crippen LogP contribution in [0.1, 0.15) is 17.7 Å². The summed E-state index contributed by atoms with van der Waals surface area (Å²) in [6, 6.07) is 0.682. The third-order valence-corrected chi connectivity index (χ3v) is 4.81. The van der Waals surface area contributed by atoms with Gasteiger partial charge in [0.15, 0.2) is 5.13 Å². The summed E-state index contributed by atoms with van der Waals surface area (Å²) < 4.78 is 5.41. The van der Waals surface area contributed by atoms with Crippen molar-refractivity contribution in [3.63, 3.8) is 0 Å². The first-order chi connectivity index (χ1) is 9.31. The van der Waals surface area contributed by atoms with Crippen molar-refractivity contribution in [2.24, 2.45) is 0 Å². The predicted octanol–water partition coefficient (Wildman–Crippen LogP) is 1.44. The van der Waals surface area contributed by atoms with Crippen molar-refractivity contribution in [3.05, 3.63) is 11.1 Å². The molecule has 3 rings (SSSR count). The van der Waals surface area contributed by atoms with Crippen molar-refractivity contribution >= 4 is 28.9 Å². The zero-order chi connectivity index (χ0) is 13.1. The van der Waals surface area contributed by atoms with Gasteiger partial charge in [0.05, 0.1) is 13.2 Å². The molecule has 0 aliphatic carbocycles. The minimum Gasteiger partial charge on any atom is -0.379 e. The molecule has 1 aromatic heterocycles. The summed E-state index contributed by atoms with van der Waals surface area (Å²) in [5, 5.41) is 0.680. The second-order valence-corrected chi connectivity index (χ2v) is 6.49. The van der Waals surface area contributed by atoms with Crippen LogP contribution >= 0.6 is 23.7 Å². The van der Waals surface area contributed by atoms with Crippen molar-refractivity contribution in [2.45, 2.75) is 25.4 Å². The first-order valence-electron chi connectivity index (χ1n) is 7.05. The van der Waals surface area contributed by atoms with Gasteiger partial charge in [-0.05, 0) is 19.4 Å². The van der Waals surface area contributed by atoms with Gasteiger partial charge >= 0.3 is 0 Å². The molecule has 5 nitrogen and oxygen atoms in total. The number of hydrogen-bond donors (Lipinski definition) is 1. The summed E-state index contributed by atoms with van der Waals surface area (Å²) in [6.07, 6.45) is 4.54. The molecule has 7 heteroatoms. The van der Waals surface area contributed by atoms with E-state index in [4.69, 9.17) is 10.5 Å². The van der Waals surface area contributed by atoms with E-state index in [0.29, 0.717) is 11.2 Å². The van der Waals surface area contributed by atoms with E-state index >= 15 is 0 Å². The predicted molar refractivity (Wildman–Crippen MR) is 84.5 cm³/mol. The van der Waals surface area contributed by atoms with Crippen LogP contribution in [0.3, 0.4) is 0 Å². The van der Waals surface area contributed by atoms with Gasteiger partial charge in [0, 0.05) is 43.3 Å². The number of morpholine rings is 1. The lowest BCUT2D eigenvalue weighted by Gasteiger charge is -2.32. The van der Waals surface area contributed by atoms with E-state index in [2.05, 4.69) is 14.8 Å². The lowest BCUT2D eigenvalue weighted by Crippen LogP contribution is -2.44. The van der Waals surface area contributed by atoms with Crippen LogP contribution in [-0.2, 0) is 11.3 Å². The Morgan fingerprint density at radius 1 is 1.35 bits per heavy atom. The molecule has 1 unspecified atom stereocenters. The first-order valence-corrected chi connectivity index (χ1v) is 7.87. The normalized spacial score (nSPS) is 24.7. The molecular formula is C13H23ClN4OS. The Labute approximate surface area is 130 Å². The third kappa shape index (κ3) is 4.05. The van der Waals surface area contributed by atoms with E-state index in [1.165, 1.54) is 30.8 Å². The van der Waals surface area contributed by atoms with Gasteiger partial charge in [0.25, 0.3) is 0 Å². The quantitative estimate of drug-likeness (QED) is 0.910. The highest BCUT2D eigenvalue weighted by molar-refractivity contribution is 7.15. The summed E-state index contributed by atoms with van der Waals surface area (Å²) in [5.74, 6) is 0. The molecule has 0 bridgehead atoms. The van der Waals surface area contributed by atoms with Crippen molar-refractivity contribution in [2.75, 3.05) is 45.1 Å². The van der Waals surface area contributed by atoms with Gasteiger partial charge in [-0.3, -0.25) is 9.80 Å². The molecular weight excluding hydrogens is 296 g/mol. The number of hydrogen-bond acceptors (Lipinski definition) is 6. The van der Waals surface area contributed by atoms with Crippen LogP contribution in [0.25, 0.3) is 0 Å². The molecule has 2 saturated heterocycles. The lowest BCUT2D eigenvalue weighted by molar-refractivity contribution is 0.0262. The zero-order valence-electron chi connectivity index (χ0n) is 11.7. The fourth-order valence-corrected chi connectivity index (χ4v) is 3.70. The molecule has 0 aromatic carbocycles. The highest BCUT2D eigenvalue weighted by Gasteiger charge is 2.27. The maximum atomic E-state index is 5.70. The first kappa shape index (κ1) is 16.0. The zero-order valence-corrected chi connectivity index (χ0v) is 13.3. The fraction of sp³-hybridized carbons (Fsp3) is 0.769. The molecule has 0 amide bonds. The maximum Gasteiger partial charge on any atom is 0.180 e. The number of aromatic nitrogens is 1. The molecule has 2 aliphatic rings. The summed E-state index contributed by atoms with van der Waals surface area (Å²) in [4.78, 5) is 10.5. The minimum atomic E-state index is 0. The number of halogens is 1. The van der Waals surface area contributed by atoms with E-state index in [-0.39, 0.29) is 12.4 Å². The van der Waals surface area contributed by atoms with Crippen LogP contribution in [-0.4, -0.2) is 60.2 Å². The molecule has 0 saturated carbocycles. The Kier molecular flexibility index (Phi) is 6.04. The van der Waals surface area contributed by atoms with Crippen molar-refractivity contribution in [3.8, 4) is 0 Å². The average Bonchev–Trinajstić information content (AvgIpc) is 3.01. The Morgan fingerprint density at radius 2 is 2.15 bits per heavy atom. The smallest absolute Gasteiger partial charge is 0.180 e. The van der Waals surface area contributed by atoms with Crippen molar-refractivity contribution < 1.29 is 4.74 Å². The summed E-state index contributed by atoms with van der Waals surface area (Å²) >= 11 is 1.61. The fourth-order valence-electron chi connectivity index (χ4n) is 2.99. The van der Waals surface area contributed by atoms with Crippen LogP contribution in [0.4, 0.5) is 5.13 Å². The number of likely N-dealkylation sites (tertiary alicyclic amines) is 1. The monoisotopic (exact) mass is 318 g/mol. The van der Waals surface area contributed by atoms with Gasteiger partial charge in [-0.25, -0.2) is 4.98 Å². The number of ether oxygens (including phenoxy) is 1. The molecule has 0 spiro atoms. The highest BCUT2D eigenvalue weighted by Crippen LogP contribution is 2.24. The van der Waals surface area contributed by atoms with Gasteiger partial charge in [0.2, 0.25) is 0 Å². The number of thiazole rings is 1. The Balaban J connectivity index is 0.00000147. The SMILES string of the molecule is Cl.Nc1ncc(CN2CCCC2CN2CCOCC2)s1. The molecule has 0 radical (unpaired) electrons. The van der Waals surface area contributed by atoms with Gasteiger partial charge in [-0.2, -0.15) is 0 Å². The molecule has 114 valence electrons. The molecule has 3 heterocycles. The Bertz CT molecular complexity index is 411. The van der Waals surface area contributed by atoms with Crippen molar-refractivity contribution in [1.82, 2.24) is 14.8 Å². The molecule has 2 N–H and O–H groups in total. The molecule has 2 aliphatic heterocycles. The van der Waals surface area contributed by atoms with E-state index in [1.54, 1.807) is 11.3 Å². The number of nitrogens with zero attached hydrogens (tertiary/aromatic N) is 3. The van der Waals surface area contributed by atoms with Crippen LogP contribution < -0.4 is 5.73 Å². The molecule has 2 fully saturated rings. The second-order valence-electron chi connectivity index (χ2n) is 5.34. The number of nitrogens with two attached hydrogens (primary N) is 1. The summed E-state index contributed by atoms with van der Waals surface area (Å²) in [6.45, 7) is 7.32. The van der Waals surface area contributed by atoms with Crippen LogP contribution in [0, 0.1) is 0 Å². The average molecular weight is 319 g/mol. The summed E-state index contributed by atoms with van der Waals surface area (Å²) in [5.41, 5.74) is 5.70. The van der Waals surface area contributed by atoms with E-state index in [1.807, 2.05) is 6.20 Å². The maximum absolute atomic E-state index is 5.70. The van der Waals surface area contributed by atoms with Crippen LogP contribution in [0.2, 0.25) is 0 Å². The van der Waals surface area contributed by atoms with Gasteiger partial charge in [0.1, 0.15) is 0 Å². The van der Waals surface area contributed by atoms with Gasteiger partial charge < -0.3 is 10.5 Å². The van der Waals surface area contributed by atoms with E-state index in [9.17, 15) is 0 Å². The minimum absolute atomic E-state index is 0. The number of anilines is 1. The Hall–Kier alpha value is -0.400. The standard InChI is InChI=1S/C13H22N4OS.ClH/c14-13-15-8-12(19-13)10-17-3-1-2-11(17)9-16-4-6-18-7-5-16;/h8,11H,1-7,9-10H2,(H2,14,15);1H. The lowest BCUT2D eigenvalue weighted by atomic mass is 10.2. The van der Waals surface area contributed by atoms with Gasteiger partial charge in [-0.1, -0.05) is 0 Å². The molecule has 20 heavy (non-hydrogen) atoms. The topological polar surface area (TPSA) is 54.6 Å². The molecule has 1 aromatic rings. The van der Waals surface area contributed by atoms with Crippen LogP contribution in [0.5, 0.6) is 0 Å². The number of nitrogen functional groups attached to an aromatic ring is 1. The molecule has 1 atom stereocenters. The van der Waals surface area contributed by atoms with E-state index < -0.39 is 0 Å². The van der Waals surface area contributed by atoms with Crippen molar-refractivity contribution in [1.29, 1.82) is 0 Å². The Morgan fingerprint density at radius 3 is 2.85 bits per heavy atom. The number of rotatable bonds is 4. The van der Waals surface area contributed by atoms with E-state index in [0.717, 1.165) is 32.8 Å². The largest absolute Gasteiger partial charge is 0.379 e. The second kappa shape index (κ2) is 7.56. The van der Waals surface area contributed by atoms with Gasteiger partial charge in [-0.15, -0.1) is 23.7 Å². The van der Waals surface area contributed by atoms with Crippen LogP contribution in [0.15, 0.2) is 6.20 Å². The highest BCUT2D eigenvalue weighted by atomic mass is 35.5. The summed E-state index contributed by atoms with van der Waals surface area (Å²) in [7, 11) is 0. The third-order valence-electron chi connectivity index (χ3n) is 4.00.